The highest BCUT2D eigenvalue weighted by molar-refractivity contribution is 6.30. The maximum absolute atomic E-state index is 13.5. The van der Waals surface area contributed by atoms with Gasteiger partial charge in [-0.25, -0.2) is 4.39 Å². The van der Waals surface area contributed by atoms with Crippen LogP contribution in [0.1, 0.15) is 36.8 Å². The van der Waals surface area contributed by atoms with E-state index >= 15 is 0 Å². The van der Waals surface area contributed by atoms with Gasteiger partial charge in [0.2, 0.25) is 0 Å². The summed E-state index contributed by atoms with van der Waals surface area (Å²) in [6.07, 6.45) is 1.41. The molecule has 1 N–H and O–H groups in total. The number of hydrogen-bond acceptors (Lipinski definition) is 3. The zero-order valence-electron chi connectivity index (χ0n) is 15.7. The fourth-order valence-electron chi connectivity index (χ4n) is 3.91. The Hall–Kier alpha value is -1.46. The second-order valence-corrected chi connectivity index (χ2v) is 7.63. The van der Waals surface area contributed by atoms with E-state index in [-0.39, 0.29) is 11.7 Å². The monoisotopic (exact) mass is 391 g/mol. The van der Waals surface area contributed by atoms with Gasteiger partial charge in [-0.05, 0) is 41.8 Å². The van der Waals surface area contributed by atoms with Gasteiger partial charge in [-0.1, -0.05) is 49.2 Å². The summed E-state index contributed by atoms with van der Waals surface area (Å²) in [4.78, 5) is 2.33. The maximum atomic E-state index is 13.5. The number of morpholine rings is 1. The summed E-state index contributed by atoms with van der Waals surface area (Å²) in [7, 11) is 0. The molecule has 3 nitrogen and oxygen atoms in total. The lowest BCUT2D eigenvalue weighted by molar-refractivity contribution is -0.0285. The topological polar surface area (TPSA) is 32.7 Å². The molecule has 0 radical (unpaired) electrons. The van der Waals surface area contributed by atoms with Crippen LogP contribution in [-0.4, -0.2) is 42.9 Å². The summed E-state index contributed by atoms with van der Waals surface area (Å²) < 4.78 is 19.0. The normalized spacial score (nSPS) is 18.8. The van der Waals surface area contributed by atoms with Crippen LogP contribution in [0.25, 0.3) is 0 Å². The van der Waals surface area contributed by atoms with Gasteiger partial charge in [0.1, 0.15) is 5.82 Å². The van der Waals surface area contributed by atoms with Gasteiger partial charge in [0.15, 0.2) is 0 Å². The molecule has 1 aliphatic heterocycles. The van der Waals surface area contributed by atoms with Crippen molar-refractivity contribution in [3.63, 3.8) is 0 Å². The molecule has 0 aromatic heterocycles. The molecule has 1 aliphatic rings. The van der Waals surface area contributed by atoms with Crippen molar-refractivity contribution in [1.29, 1.82) is 0 Å². The smallest absolute Gasteiger partial charge is 0.123 e. The number of ether oxygens (including phenoxy) is 1. The number of rotatable bonds is 7. The van der Waals surface area contributed by atoms with Gasteiger partial charge in [0.05, 0.1) is 18.8 Å². The molecule has 3 rings (SSSR count). The third-order valence-corrected chi connectivity index (χ3v) is 5.62. The van der Waals surface area contributed by atoms with Crippen LogP contribution in [0.5, 0.6) is 0 Å². The lowest BCUT2D eigenvalue weighted by atomic mass is 9.74. The van der Waals surface area contributed by atoms with Crippen LogP contribution in [0.3, 0.4) is 0 Å². The molecule has 1 saturated heterocycles. The second-order valence-electron chi connectivity index (χ2n) is 7.20. The Balaban J connectivity index is 2.00. The number of nitrogens with zero attached hydrogens (tertiary/aromatic N) is 1. The largest absolute Gasteiger partial charge is 0.384 e. The van der Waals surface area contributed by atoms with E-state index in [9.17, 15) is 9.50 Å². The Labute approximate surface area is 165 Å². The standard InChI is InChI=1S/C22H27ClFNO2/c1-2-11-22(26,18-5-9-20(24)10-6-18)21(16-25-12-14-27-15-13-25)17-3-7-19(23)8-4-17/h3-10,21,26H,2,11-16H2,1H3/t21-,22+/m0/s1. The van der Waals surface area contributed by atoms with E-state index in [0.717, 1.165) is 30.6 Å². The maximum Gasteiger partial charge on any atom is 0.123 e. The molecule has 0 bridgehead atoms. The lowest BCUT2D eigenvalue weighted by Gasteiger charge is -2.41. The van der Waals surface area contributed by atoms with Crippen LogP contribution >= 0.6 is 11.6 Å². The average Bonchev–Trinajstić information content (AvgIpc) is 2.68. The van der Waals surface area contributed by atoms with Crippen molar-refractivity contribution in [3.8, 4) is 0 Å². The van der Waals surface area contributed by atoms with Crippen molar-refractivity contribution >= 4 is 11.6 Å². The third-order valence-electron chi connectivity index (χ3n) is 5.37. The van der Waals surface area contributed by atoms with Gasteiger partial charge in [0.25, 0.3) is 0 Å². The molecule has 2 aromatic carbocycles. The molecule has 2 atom stereocenters. The molecule has 2 aromatic rings. The Morgan fingerprint density at radius 3 is 2.33 bits per heavy atom. The van der Waals surface area contributed by atoms with E-state index in [4.69, 9.17) is 16.3 Å². The zero-order chi connectivity index (χ0) is 19.3. The van der Waals surface area contributed by atoms with E-state index in [2.05, 4.69) is 11.8 Å². The highest BCUT2D eigenvalue weighted by Gasteiger charge is 2.39. The number of hydrogen-bond donors (Lipinski definition) is 1. The van der Waals surface area contributed by atoms with Crippen molar-refractivity contribution in [3.05, 3.63) is 70.5 Å². The predicted octanol–water partition coefficient (Wildman–Crippen LogP) is 4.58. The van der Waals surface area contributed by atoms with E-state index < -0.39 is 5.60 Å². The van der Waals surface area contributed by atoms with Gasteiger partial charge in [-0.3, -0.25) is 4.90 Å². The number of benzene rings is 2. The van der Waals surface area contributed by atoms with Crippen molar-refractivity contribution in [1.82, 2.24) is 4.90 Å². The fourth-order valence-corrected chi connectivity index (χ4v) is 4.03. The van der Waals surface area contributed by atoms with Crippen molar-refractivity contribution in [2.24, 2.45) is 0 Å². The molecule has 0 aliphatic carbocycles. The van der Waals surface area contributed by atoms with Gasteiger partial charge in [-0.15, -0.1) is 0 Å². The molecule has 5 heteroatoms. The fraction of sp³-hybridized carbons (Fsp3) is 0.455. The summed E-state index contributed by atoms with van der Waals surface area (Å²) in [5.74, 6) is -0.452. The van der Waals surface area contributed by atoms with Gasteiger partial charge >= 0.3 is 0 Å². The molecular weight excluding hydrogens is 365 g/mol. The van der Waals surface area contributed by atoms with Crippen LogP contribution in [0.2, 0.25) is 5.02 Å². The molecule has 0 spiro atoms. The van der Waals surface area contributed by atoms with Gasteiger partial charge in [-0.2, -0.15) is 0 Å². The third kappa shape index (κ3) is 4.88. The summed E-state index contributed by atoms with van der Waals surface area (Å²) in [5, 5.41) is 12.5. The van der Waals surface area contributed by atoms with Crippen LogP contribution in [0, 0.1) is 5.82 Å². The molecule has 0 saturated carbocycles. The summed E-state index contributed by atoms with van der Waals surface area (Å²) >= 11 is 6.09. The predicted molar refractivity (Wildman–Crippen MR) is 107 cm³/mol. The first-order valence-corrected chi connectivity index (χ1v) is 9.94. The molecular formula is C22H27ClFNO2. The molecule has 0 unspecified atom stereocenters. The Morgan fingerprint density at radius 1 is 1.11 bits per heavy atom. The van der Waals surface area contributed by atoms with Crippen molar-refractivity contribution in [2.75, 3.05) is 32.8 Å². The van der Waals surface area contributed by atoms with E-state index in [1.54, 1.807) is 12.1 Å². The molecule has 1 fully saturated rings. The highest BCUT2D eigenvalue weighted by atomic mass is 35.5. The van der Waals surface area contributed by atoms with Crippen LogP contribution in [0.4, 0.5) is 4.39 Å². The molecule has 27 heavy (non-hydrogen) atoms. The molecule has 146 valence electrons. The molecule has 1 heterocycles. The summed E-state index contributed by atoms with van der Waals surface area (Å²) in [6, 6.07) is 13.9. The Kier molecular flexibility index (Phi) is 6.88. The Bertz CT molecular complexity index is 716. The van der Waals surface area contributed by atoms with E-state index in [1.165, 1.54) is 12.1 Å². The SMILES string of the molecule is CCC[C@@](O)(c1ccc(F)cc1)[C@@H](CN1CCOCC1)c1ccc(Cl)cc1. The first-order chi connectivity index (χ1) is 13.0. The first kappa shape index (κ1) is 20.3. The van der Waals surface area contributed by atoms with E-state index in [0.29, 0.717) is 31.2 Å². The van der Waals surface area contributed by atoms with Crippen LogP contribution in [-0.2, 0) is 10.3 Å². The van der Waals surface area contributed by atoms with Gasteiger partial charge < -0.3 is 9.84 Å². The minimum absolute atomic E-state index is 0.154. The number of aliphatic hydroxyl groups is 1. The quantitative estimate of drug-likeness (QED) is 0.749. The molecule has 0 amide bonds. The van der Waals surface area contributed by atoms with Crippen LogP contribution < -0.4 is 0 Å². The minimum atomic E-state index is -1.09. The zero-order valence-corrected chi connectivity index (χ0v) is 16.5. The van der Waals surface area contributed by atoms with Crippen molar-refractivity contribution in [2.45, 2.75) is 31.3 Å². The average molecular weight is 392 g/mol. The van der Waals surface area contributed by atoms with E-state index in [1.807, 2.05) is 24.3 Å². The second kappa shape index (κ2) is 9.16. The number of halogens is 2. The lowest BCUT2D eigenvalue weighted by Crippen LogP contribution is -2.45. The highest BCUT2D eigenvalue weighted by Crippen LogP contribution is 2.41. The van der Waals surface area contributed by atoms with Crippen LogP contribution in [0.15, 0.2) is 48.5 Å². The first-order valence-electron chi connectivity index (χ1n) is 9.57. The Morgan fingerprint density at radius 2 is 1.74 bits per heavy atom. The summed E-state index contributed by atoms with van der Waals surface area (Å²) in [6.45, 7) is 5.86. The van der Waals surface area contributed by atoms with Gasteiger partial charge in [0, 0.05) is 30.6 Å². The summed E-state index contributed by atoms with van der Waals surface area (Å²) in [5.41, 5.74) is 0.694. The van der Waals surface area contributed by atoms with Crippen molar-refractivity contribution < 1.29 is 14.2 Å². The minimum Gasteiger partial charge on any atom is -0.384 e.